The van der Waals surface area contributed by atoms with E-state index in [-0.39, 0.29) is 0 Å². The minimum Gasteiger partial charge on any atom is -0.497 e. The monoisotopic (exact) mass is 302 g/mol. The zero-order valence-electron chi connectivity index (χ0n) is 9.77. The van der Waals surface area contributed by atoms with Crippen LogP contribution in [0.5, 0.6) is 11.5 Å². The van der Waals surface area contributed by atoms with E-state index >= 15 is 0 Å². The number of ether oxygens (including phenoxy) is 2. The van der Waals surface area contributed by atoms with Crippen LogP contribution in [0.3, 0.4) is 0 Å². The zero-order chi connectivity index (χ0) is 12.7. The van der Waals surface area contributed by atoms with Gasteiger partial charge in [-0.3, -0.25) is 9.24 Å². The van der Waals surface area contributed by atoms with Gasteiger partial charge in [-0.1, -0.05) is 0 Å². The van der Waals surface area contributed by atoms with Gasteiger partial charge in [-0.15, -0.1) is 0 Å². The highest BCUT2D eigenvalue weighted by Crippen LogP contribution is 2.25. The quantitative estimate of drug-likeness (QED) is 0.477. The van der Waals surface area contributed by atoms with E-state index in [2.05, 4.69) is 16.3 Å². The Morgan fingerprint density at radius 2 is 2.12 bits per heavy atom. The molecule has 0 saturated heterocycles. The first-order chi connectivity index (χ1) is 8.24. The molecule has 0 unspecified atom stereocenters. The van der Waals surface area contributed by atoms with E-state index in [4.69, 9.17) is 18.7 Å². The molecule has 1 aromatic rings. The predicted octanol–water partition coefficient (Wildman–Crippen LogP) is 2.40. The summed E-state index contributed by atoms with van der Waals surface area (Å²) in [7, 11) is 3.21. The van der Waals surface area contributed by atoms with Gasteiger partial charge in [-0.25, -0.2) is 0 Å². The van der Waals surface area contributed by atoms with Crippen LogP contribution >= 0.6 is 16.3 Å². The first-order valence-corrected chi connectivity index (χ1v) is 5.59. The van der Waals surface area contributed by atoms with Crippen molar-refractivity contribution < 1.29 is 13.3 Å². The average Bonchev–Trinajstić information content (AvgIpc) is 2.38. The second-order valence-corrected chi connectivity index (χ2v) is 3.75. The number of hydrogen-bond acceptors (Lipinski definition) is 4. The Labute approximate surface area is 109 Å². The predicted molar refractivity (Wildman–Crippen MR) is 68.8 cm³/mol. The lowest BCUT2D eigenvalue weighted by Gasteiger charge is -2.18. The minimum absolute atomic E-state index is 0.290. The number of nitrogens with zero attached hydrogens (tertiary/aromatic N) is 1. The molecule has 1 rings (SSSR count). The first kappa shape index (κ1) is 13.8. The molecule has 0 atom stereocenters. The van der Waals surface area contributed by atoms with Crippen molar-refractivity contribution in [1.82, 2.24) is 4.90 Å². The molecule has 0 aliphatic heterocycles. The molecule has 0 amide bonds. The number of methoxy groups -OCH3 is 2. The maximum Gasteiger partial charge on any atom is 0.134 e. The topological polar surface area (TPSA) is 54.8 Å². The van der Waals surface area contributed by atoms with Crippen LogP contribution in [0, 0.1) is 5.41 Å². The van der Waals surface area contributed by atoms with Crippen molar-refractivity contribution in [3.8, 4) is 11.5 Å². The van der Waals surface area contributed by atoms with Crippen molar-refractivity contribution in [3.63, 3.8) is 0 Å². The van der Waals surface area contributed by atoms with Crippen molar-refractivity contribution in [1.29, 1.82) is 5.41 Å². The molecule has 0 bridgehead atoms. The van der Waals surface area contributed by atoms with E-state index in [9.17, 15) is 0 Å². The van der Waals surface area contributed by atoms with E-state index < -0.39 is 0 Å². The summed E-state index contributed by atoms with van der Waals surface area (Å²) in [5, 5.41) is 7.25. The maximum absolute atomic E-state index is 7.25. The van der Waals surface area contributed by atoms with Crippen LogP contribution in [0.15, 0.2) is 18.2 Å². The summed E-state index contributed by atoms with van der Waals surface area (Å²) in [6, 6.07) is 5.57. The summed E-state index contributed by atoms with van der Waals surface area (Å²) in [5.74, 6) is 1.47. The number of halogens is 1. The molecule has 0 spiro atoms. The number of hydrogen-bond donors (Lipinski definition) is 1. The summed E-state index contributed by atoms with van der Waals surface area (Å²) < 4.78 is 15.2. The van der Waals surface area contributed by atoms with Crippen LogP contribution in [0.1, 0.15) is 5.56 Å². The van der Waals surface area contributed by atoms with Gasteiger partial charge in [0.2, 0.25) is 0 Å². The van der Waals surface area contributed by atoms with E-state index in [0.717, 1.165) is 17.1 Å². The minimum atomic E-state index is 0.290. The summed E-state index contributed by atoms with van der Waals surface area (Å²) in [4.78, 5) is 1.68. The molecule has 1 aromatic carbocycles. The molecule has 0 radical (unpaired) electrons. The molecule has 6 heteroatoms. The number of nitrogens with one attached hydrogen (secondary N) is 1. The molecule has 0 heterocycles. The Morgan fingerprint density at radius 1 is 1.35 bits per heavy atom. The van der Waals surface area contributed by atoms with E-state index in [0.29, 0.717) is 13.3 Å². The second kappa shape index (κ2) is 7.13. The lowest BCUT2D eigenvalue weighted by molar-refractivity contribution is 0.230. The molecule has 0 aliphatic rings. The third kappa shape index (κ3) is 3.90. The Bertz CT molecular complexity index is 374. The van der Waals surface area contributed by atoms with Gasteiger partial charge in [-0.2, -0.15) is 0 Å². The van der Waals surface area contributed by atoms with Gasteiger partial charge in [-0.05, 0) is 12.1 Å². The second-order valence-electron chi connectivity index (χ2n) is 3.29. The van der Waals surface area contributed by atoms with Crippen LogP contribution in [0.4, 0.5) is 0 Å². The Morgan fingerprint density at radius 3 is 2.65 bits per heavy atom. The molecular formula is C11H15BrN2O3. The van der Waals surface area contributed by atoms with E-state index in [1.807, 2.05) is 18.2 Å². The lowest BCUT2D eigenvalue weighted by atomic mass is 10.2. The summed E-state index contributed by atoms with van der Waals surface area (Å²) in [6.45, 7) is 0.820. The van der Waals surface area contributed by atoms with Gasteiger partial charge in [0.15, 0.2) is 0 Å². The van der Waals surface area contributed by atoms with Crippen LogP contribution in [-0.2, 0) is 10.4 Å². The average molecular weight is 303 g/mol. The first-order valence-electron chi connectivity index (χ1n) is 4.94. The fourth-order valence-electron chi connectivity index (χ4n) is 1.39. The van der Waals surface area contributed by atoms with Gasteiger partial charge in [0.1, 0.15) is 34.5 Å². The molecular weight excluding hydrogens is 288 g/mol. The molecule has 0 fully saturated rings. The molecule has 5 nitrogen and oxygen atoms in total. The Balaban J connectivity index is 2.85. The van der Waals surface area contributed by atoms with E-state index in [1.165, 1.54) is 6.34 Å². The maximum atomic E-state index is 7.25. The summed E-state index contributed by atoms with van der Waals surface area (Å²) in [5.41, 5.74) is 0.960. The van der Waals surface area contributed by atoms with Crippen LogP contribution in [-0.4, -0.2) is 32.2 Å². The molecule has 0 saturated carbocycles. The zero-order valence-corrected chi connectivity index (χ0v) is 11.4. The Hall–Kier alpha value is -1.27. The van der Waals surface area contributed by atoms with Crippen molar-refractivity contribution >= 4 is 22.6 Å². The molecule has 0 aromatic heterocycles. The van der Waals surface area contributed by atoms with Gasteiger partial charge in [0.05, 0.1) is 20.6 Å². The normalized spacial score (nSPS) is 9.82. The van der Waals surface area contributed by atoms with Crippen molar-refractivity contribution in [2.45, 2.75) is 6.54 Å². The van der Waals surface area contributed by atoms with Crippen LogP contribution in [0.2, 0.25) is 0 Å². The summed E-state index contributed by atoms with van der Waals surface area (Å²) in [6.07, 6.45) is 1.21. The number of benzene rings is 1. The SMILES string of the molecule is COc1ccc(CN(C=N)COBr)c(OC)c1. The van der Waals surface area contributed by atoms with Crippen molar-refractivity contribution in [2.24, 2.45) is 0 Å². The highest BCUT2D eigenvalue weighted by molar-refractivity contribution is 9.06. The molecule has 1 N–H and O–H groups in total. The number of rotatable bonds is 7. The smallest absolute Gasteiger partial charge is 0.134 e. The fourth-order valence-corrected chi connectivity index (χ4v) is 1.66. The van der Waals surface area contributed by atoms with Crippen molar-refractivity contribution in [3.05, 3.63) is 23.8 Å². The van der Waals surface area contributed by atoms with Gasteiger partial charge < -0.3 is 14.4 Å². The van der Waals surface area contributed by atoms with Gasteiger partial charge >= 0.3 is 0 Å². The largest absolute Gasteiger partial charge is 0.497 e. The van der Waals surface area contributed by atoms with Crippen LogP contribution < -0.4 is 9.47 Å². The Kier molecular flexibility index (Phi) is 5.79. The highest BCUT2D eigenvalue weighted by Gasteiger charge is 2.08. The van der Waals surface area contributed by atoms with Gasteiger partial charge in [0, 0.05) is 18.2 Å². The standard InChI is InChI=1S/C11H15BrN2O3/c1-15-10-4-3-9(11(5-10)16-2)6-14(7-13)8-17-12/h3-5,7,13H,6,8H2,1-2H3. The molecule has 17 heavy (non-hydrogen) atoms. The lowest BCUT2D eigenvalue weighted by Crippen LogP contribution is -2.22. The molecule has 94 valence electrons. The fraction of sp³-hybridized carbons (Fsp3) is 0.364. The summed E-state index contributed by atoms with van der Waals surface area (Å²) >= 11 is 2.87. The van der Waals surface area contributed by atoms with Gasteiger partial charge in [0.25, 0.3) is 0 Å². The van der Waals surface area contributed by atoms with Crippen molar-refractivity contribution in [2.75, 3.05) is 21.0 Å². The third-order valence-corrected chi connectivity index (χ3v) is 2.47. The van der Waals surface area contributed by atoms with Crippen LogP contribution in [0.25, 0.3) is 0 Å². The highest BCUT2D eigenvalue weighted by atomic mass is 79.9. The van der Waals surface area contributed by atoms with E-state index in [1.54, 1.807) is 19.1 Å². The molecule has 0 aliphatic carbocycles. The third-order valence-electron chi connectivity index (χ3n) is 2.26.